The van der Waals surface area contributed by atoms with Crippen molar-refractivity contribution in [2.24, 2.45) is 10.7 Å². The molecule has 1 saturated heterocycles. The summed E-state index contributed by atoms with van der Waals surface area (Å²) in [6.45, 7) is 5.36. The van der Waals surface area contributed by atoms with Gasteiger partial charge in [-0.3, -0.25) is 9.69 Å². The van der Waals surface area contributed by atoms with Crippen molar-refractivity contribution < 1.29 is 14.3 Å². The van der Waals surface area contributed by atoms with Gasteiger partial charge in [0.1, 0.15) is 11.4 Å². The molecule has 3 aliphatic heterocycles. The number of nitrogens with two attached hydrogens (primary N) is 1. The van der Waals surface area contributed by atoms with Gasteiger partial charge in [-0.1, -0.05) is 35.4 Å². The molecule has 1 amide bonds. The zero-order valence-corrected chi connectivity index (χ0v) is 17.7. The number of carbonyl (C=O) groups excluding carboxylic acids is 1. The van der Waals surface area contributed by atoms with Crippen LogP contribution in [0, 0.1) is 13.8 Å². The molecule has 30 heavy (non-hydrogen) atoms. The first kappa shape index (κ1) is 19.1. The minimum Gasteiger partial charge on any atom is -0.484 e. The zero-order valence-electron chi connectivity index (χ0n) is 17.7. The number of likely N-dealkylation sites (N-methyl/N-ethyl adjacent to an activating group) is 1. The number of amides is 1. The largest absolute Gasteiger partial charge is 0.484 e. The topological polar surface area (TPSA) is 77.2 Å². The van der Waals surface area contributed by atoms with Crippen molar-refractivity contribution >= 4 is 11.9 Å². The lowest BCUT2D eigenvalue weighted by atomic mass is 9.74. The van der Waals surface area contributed by atoms with Gasteiger partial charge in [0.05, 0.1) is 6.61 Å². The smallest absolute Gasteiger partial charge is 0.261 e. The maximum absolute atomic E-state index is 13.5. The molecule has 156 valence electrons. The highest BCUT2D eigenvalue weighted by molar-refractivity contribution is 6.07. The molecule has 2 spiro atoms. The van der Waals surface area contributed by atoms with Gasteiger partial charge < -0.3 is 15.2 Å². The molecule has 0 unspecified atom stereocenters. The van der Waals surface area contributed by atoms with Crippen LogP contribution < -0.4 is 10.5 Å². The van der Waals surface area contributed by atoms with Gasteiger partial charge in [-0.2, -0.15) is 0 Å². The Kier molecular flexibility index (Phi) is 4.19. The average Bonchev–Trinajstić information content (AvgIpc) is 2.91. The van der Waals surface area contributed by atoms with Crippen LogP contribution in [0.3, 0.4) is 0 Å². The highest BCUT2D eigenvalue weighted by atomic mass is 16.5. The molecule has 2 aromatic carbocycles. The molecule has 0 radical (unpaired) electrons. The quantitative estimate of drug-likeness (QED) is 0.790. The maximum atomic E-state index is 13.5. The minimum atomic E-state index is -1.07. The minimum absolute atomic E-state index is 0.105. The number of hydrogen-bond donors (Lipinski definition) is 1. The molecule has 2 atom stereocenters. The fraction of sp³-hybridized carbons (Fsp3) is 0.417. The summed E-state index contributed by atoms with van der Waals surface area (Å²) in [5, 5.41) is 0. The number of benzene rings is 2. The number of aliphatic imine (C=N–C) groups is 1. The van der Waals surface area contributed by atoms with E-state index in [4.69, 9.17) is 20.2 Å². The van der Waals surface area contributed by atoms with Crippen LogP contribution in [0.15, 0.2) is 41.4 Å². The van der Waals surface area contributed by atoms with Crippen LogP contribution >= 0.6 is 0 Å². The SMILES string of the molecule is Cc1cc(C)cc(-c2ccc3c(c2)[C@]2(C[C@]4(CCCOC4)O3)N=C(N)N(C)C2=O)c1. The van der Waals surface area contributed by atoms with Crippen molar-refractivity contribution in [2.45, 2.75) is 44.2 Å². The van der Waals surface area contributed by atoms with E-state index in [-0.39, 0.29) is 11.9 Å². The Morgan fingerprint density at radius 3 is 2.50 bits per heavy atom. The second-order valence-electron chi connectivity index (χ2n) is 8.90. The Bertz CT molecular complexity index is 1050. The lowest BCUT2D eigenvalue weighted by Gasteiger charge is -2.46. The lowest BCUT2D eigenvalue weighted by Crippen LogP contribution is -2.55. The van der Waals surface area contributed by atoms with Crippen molar-refractivity contribution in [3.63, 3.8) is 0 Å². The Morgan fingerprint density at radius 2 is 1.87 bits per heavy atom. The van der Waals surface area contributed by atoms with Crippen LogP contribution in [-0.4, -0.2) is 42.6 Å². The molecule has 3 aliphatic rings. The predicted octanol–water partition coefficient (Wildman–Crippen LogP) is 3.28. The Hall–Kier alpha value is -2.86. The molecule has 0 saturated carbocycles. The highest BCUT2D eigenvalue weighted by Gasteiger charge is 2.58. The molecule has 2 aromatic rings. The van der Waals surface area contributed by atoms with Gasteiger partial charge in [-0.05, 0) is 49.9 Å². The number of nitrogens with zero attached hydrogens (tertiary/aromatic N) is 2. The average molecular weight is 405 g/mol. The fourth-order valence-electron chi connectivity index (χ4n) is 5.13. The summed E-state index contributed by atoms with van der Waals surface area (Å²) in [5.74, 6) is 0.837. The monoisotopic (exact) mass is 405 g/mol. The second kappa shape index (κ2) is 6.57. The van der Waals surface area contributed by atoms with Crippen LogP contribution in [0.25, 0.3) is 11.1 Å². The van der Waals surface area contributed by atoms with E-state index in [1.807, 2.05) is 12.1 Å². The molecule has 1 fully saturated rings. The number of carbonyl (C=O) groups is 1. The van der Waals surface area contributed by atoms with Gasteiger partial charge in [0.2, 0.25) is 0 Å². The van der Waals surface area contributed by atoms with Crippen LogP contribution in [0.1, 0.15) is 36.0 Å². The van der Waals surface area contributed by atoms with Crippen molar-refractivity contribution in [1.82, 2.24) is 4.90 Å². The van der Waals surface area contributed by atoms with E-state index in [2.05, 4.69) is 38.1 Å². The van der Waals surface area contributed by atoms with Crippen LogP contribution in [-0.2, 0) is 15.1 Å². The number of fused-ring (bicyclic) bond motifs is 2. The zero-order chi connectivity index (χ0) is 21.1. The molecule has 3 heterocycles. The van der Waals surface area contributed by atoms with E-state index in [9.17, 15) is 4.79 Å². The van der Waals surface area contributed by atoms with E-state index < -0.39 is 11.1 Å². The maximum Gasteiger partial charge on any atom is 0.261 e. The van der Waals surface area contributed by atoms with Crippen molar-refractivity contribution in [3.05, 3.63) is 53.1 Å². The summed E-state index contributed by atoms with van der Waals surface area (Å²) < 4.78 is 12.3. The molecule has 2 N–H and O–H groups in total. The third-order valence-corrected chi connectivity index (χ3v) is 6.48. The summed E-state index contributed by atoms with van der Waals surface area (Å²) in [7, 11) is 1.68. The molecule has 6 heteroatoms. The third kappa shape index (κ3) is 2.82. The Labute approximate surface area is 176 Å². The van der Waals surface area contributed by atoms with Crippen LogP contribution in [0.5, 0.6) is 5.75 Å². The molecule has 5 rings (SSSR count). The number of rotatable bonds is 1. The van der Waals surface area contributed by atoms with E-state index in [1.54, 1.807) is 7.05 Å². The predicted molar refractivity (Wildman–Crippen MR) is 115 cm³/mol. The van der Waals surface area contributed by atoms with Gasteiger partial charge >= 0.3 is 0 Å². The number of hydrogen-bond acceptors (Lipinski definition) is 5. The van der Waals surface area contributed by atoms with Crippen LogP contribution in [0.4, 0.5) is 0 Å². The van der Waals surface area contributed by atoms with Gasteiger partial charge in [0.15, 0.2) is 11.5 Å². The first-order chi connectivity index (χ1) is 14.3. The lowest BCUT2D eigenvalue weighted by molar-refractivity contribution is -0.139. The second-order valence-corrected chi connectivity index (χ2v) is 8.90. The number of ether oxygens (including phenoxy) is 2. The van der Waals surface area contributed by atoms with E-state index in [1.165, 1.54) is 16.0 Å². The summed E-state index contributed by atoms with van der Waals surface area (Å²) in [6, 6.07) is 12.5. The first-order valence-corrected chi connectivity index (χ1v) is 10.5. The number of guanidine groups is 1. The summed E-state index contributed by atoms with van der Waals surface area (Å²) in [5.41, 5.74) is 9.83. The van der Waals surface area contributed by atoms with Gasteiger partial charge in [-0.25, -0.2) is 4.99 Å². The van der Waals surface area contributed by atoms with E-state index in [0.29, 0.717) is 18.8 Å². The Balaban J connectivity index is 1.69. The third-order valence-electron chi connectivity index (χ3n) is 6.48. The molecule has 0 aromatic heterocycles. The van der Waals surface area contributed by atoms with E-state index >= 15 is 0 Å². The van der Waals surface area contributed by atoms with Crippen molar-refractivity contribution in [3.8, 4) is 16.9 Å². The molecular weight excluding hydrogens is 378 g/mol. The standard InChI is InChI=1S/C24H27N3O3/c1-15-9-16(2)11-18(10-15)17-5-6-20-19(12-17)24(21(28)27(3)22(25)26-24)13-23(30-20)7-4-8-29-14-23/h5-6,9-12H,4,7-8,13-14H2,1-3H3,(H2,25,26)/t23-,24-/m0/s1. The summed E-state index contributed by atoms with van der Waals surface area (Å²) >= 11 is 0. The molecule has 0 aliphatic carbocycles. The van der Waals surface area contributed by atoms with E-state index in [0.717, 1.165) is 36.1 Å². The normalized spacial score (nSPS) is 27.9. The molecular formula is C24H27N3O3. The Morgan fingerprint density at radius 1 is 1.10 bits per heavy atom. The van der Waals surface area contributed by atoms with Gasteiger partial charge in [0, 0.05) is 25.6 Å². The van der Waals surface area contributed by atoms with Gasteiger partial charge in [-0.15, -0.1) is 0 Å². The first-order valence-electron chi connectivity index (χ1n) is 10.5. The van der Waals surface area contributed by atoms with Crippen molar-refractivity contribution in [1.29, 1.82) is 0 Å². The molecule has 6 nitrogen and oxygen atoms in total. The summed E-state index contributed by atoms with van der Waals surface area (Å²) in [4.78, 5) is 19.7. The fourth-order valence-corrected chi connectivity index (χ4v) is 5.13. The van der Waals surface area contributed by atoms with Crippen molar-refractivity contribution in [2.75, 3.05) is 20.3 Å². The number of aryl methyl sites for hydroxylation is 2. The van der Waals surface area contributed by atoms with Gasteiger partial charge in [0.25, 0.3) is 5.91 Å². The van der Waals surface area contributed by atoms with Crippen LogP contribution in [0.2, 0.25) is 0 Å². The summed E-state index contributed by atoms with van der Waals surface area (Å²) in [6.07, 6.45) is 2.17. The molecule has 0 bridgehead atoms. The highest BCUT2D eigenvalue weighted by Crippen LogP contribution is 2.51.